The molecule has 0 unspecified atom stereocenters. The highest BCUT2D eigenvalue weighted by Gasteiger charge is 2.17. The summed E-state index contributed by atoms with van der Waals surface area (Å²) in [5.74, 6) is -0.0717. The lowest BCUT2D eigenvalue weighted by Crippen LogP contribution is -2.30. The Morgan fingerprint density at radius 1 is 1.13 bits per heavy atom. The number of halogens is 1. The minimum atomic E-state index is -3.80. The van der Waals surface area contributed by atoms with Crippen LogP contribution in [-0.4, -0.2) is 40.2 Å². The van der Waals surface area contributed by atoms with Gasteiger partial charge in [0.15, 0.2) is 6.61 Å². The van der Waals surface area contributed by atoms with E-state index in [0.29, 0.717) is 25.3 Å². The highest BCUT2D eigenvalue weighted by molar-refractivity contribution is 7.92. The van der Waals surface area contributed by atoms with Crippen LogP contribution >= 0.6 is 11.6 Å². The predicted molar refractivity (Wildman–Crippen MR) is 118 cm³/mol. The Balaban J connectivity index is 1.88. The fraction of sp³-hybridized carbons (Fsp3) is 0.381. The zero-order valence-corrected chi connectivity index (χ0v) is 18.8. The first-order valence-electron chi connectivity index (χ1n) is 9.57. The van der Waals surface area contributed by atoms with Crippen LogP contribution in [-0.2, 0) is 19.6 Å². The molecule has 0 aromatic heterocycles. The molecule has 0 spiro atoms. The number of nitrogens with one attached hydrogen (secondary N) is 2. The molecular weight excluding hydrogens is 428 g/mol. The number of aryl methyl sites for hydroxylation is 1. The zero-order valence-electron chi connectivity index (χ0n) is 17.3. The van der Waals surface area contributed by atoms with Gasteiger partial charge in [0.25, 0.3) is 15.9 Å². The van der Waals surface area contributed by atoms with E-state index in [2.05, 4.69) is 10.0 Å². The molecule has 0 aliphatic carbocycles. The molecule has 0 bridgehead atoms. The molecule has 0 saturated heterocycles. The van der Waals surface area contributed by atoms with Gasteiger partial charge >= 0.3 is 0 Å². The molecule has 0 aliphatic rings. The molecule has 2 aromatic rings. The average Bonchev–Trinajstić information content (AvgIpc) is 2.68. The van der Waals surface area contributed by atoms with Crippen LogP contribution in [0.1, 0.15) is 25.8 Å². The molecule has 1 amide bonds. The molecule has 9 heteroatoms. The Hall–Kier alpha value is -2.29. The van der Waals surface area contributed by atoms with Gasteiger partial charge in [-0.15, -0.1) is 0 Å². The number of amides is 1. The van der Waals surface area contributed by atoms with Crippen molar-refractivity contribution in [3.05, 3.63) is 53.1 Å². The van der Waals surface area contributed by atoms with Crippen molar-refractivity contribution < 1.29 is 22.7 Å². The second-order valence-corrected chi connectivity index (χ2v) is 9.07. The minimum Gasteiger partial charge on any atom is -0.482 e. The molecule has 2 rings (SSSR count). The molecule has 0 saturated carbocycles. The van der Waals surface area contributed by atoms with Gasteiger partial charge in [0.1, 0.15) is 5.75 Å². The SMILES string of the molecule is Cc1ccc(NS(=O)(=O)c2ccc(OCC(=O)NCCCOC(C)C)c(Cl)c2)cc1. The quantitative estimate of drug-likeness (QED) is 0.504. The summed E-state index contributed by atoms with van der Waals surface area (Å²) in [5, 5.41) is 2.82. The standard InChI is InChI=1S/C21H27ClN2O5S/c1-15(2)28-12-4-11-23-21(25)14-29-20-10-9-18(13-19(20)22)30(26,27)24-17-7-5-16(3)6-8-17/h5-10,13,15,24H,4,11-12,14H2,1-3H3,(H,23,25). The molecule has 30 heavy (non-hydrogen) atoms. The largest absolute Gasteiger partial charge is 0.482 e. The lowest BCUT2D eigenvalue weighted by molar-refractivity contribution is -0.123. The Morgan fingerprint density at radius 2 is 1.83 bits per heavy atom. The normalized spacial score (nSPS) is 11.4. The molecular formula is C21H27ClN2O5S. The van der Waals surface area contributed by atoms with E-state index in [1.165, 1.54) is 18.2 Å². The number of hydrogen-bond donors (Lipinski definition) is 2. The number of sulfonamides is 1. The van der Waals surface area contributed by atoms with E-state index in [-0.39, 0.29) is 34.3 Å². The second-order valence-electron chi connectivity index (χ2n) is 6.98. The Bertz CT molecular complexity index is 946. The van der Waals surface area contributed by atoms with Gasteiger partial charge in [-0.05, 0) is 57.5 Å². The Morgan fingerprint density at radius 3 is 2.47 bits per heavy atom. The predicted octanol–water partition coefficient (Wildman–Crippen LogP) is 3.76. The number of benzene rings is 2. The summed E-state index contributed by atoms with van der Waals surface area (Å²) < 4.78 is 38.4. The lowest BCUT2D eigenvalue weighted by Gasteiger charge is -2.12. The van der Waals surface area contributed by atoms with Gasteiger partial charge in [-0.3, -0.25) is 9.52 Å². The topological polar surface area (TPSA) is 93.7 Å². The summed E-state index contributed by atoms with van der Waals surface area (Å²) in [6.07, 6.45) is 0.857. The van der Waals surface area contributed by atoms with Crippen molar-refractivity contribution in [1.29, 1.82) is 0 Å². The summed E-state index contributed by atoms with van der Waals surface area (Å²) in [4.78, 5) is 11.8. The van der Waals surface area contributed by atoms with Crippen LogP contribution in [0.15, 0.2) is 47.4 Å². The van der Waals surface area contributed by atoms with Crippen molar-refractivity contribution in [3.63, 3.8) is 0 Å². The van der Waals surface area contributed by atoms with Crippen molar-refractivity contribution in [2.75, 3.05) is 24.5 Å². The zero-order chi connectivity index (χ0) is 22.1. The van der Waals surface area contributed by atoms with Crippen LogP contribution in [0.25, 0.3) is 0 Å². The fourth-order valence-corrected chi connectivity index (χ4v) is 3.80. The van der Waals surface area contributed by atoms with Crippen LogP contribution in [0.5, 0.6) is 5.75 Å². The maximum Gasteiger partial charge on any atom is 0.261 e. The summed E-state index contributed by atoms with van der Waals surface area (Å²) in [7, 11) is -3.80. The first-order valence-corrected chi connectivity index (χ1v) is 11.4. The maximum absolute atomic E-state index is 12.5. The molecule has 0 atom stereocenters. The van der Waals surface area contributed by atoms with Crippen molar-refractivity contribution in [3.8, 4) is 5.75 Å². The van der Waals surface area contributed by atoms with Crippen molar-refractivity contribution in [1.82, 2.24) is 5.32 Å². The van der Waals surface area contributed by atoms with E-state index in [9.17, 15) is 13.2 Å². The molecule has 7 nitrogen and oxygen atoms in total. The first kappa shape index (κ1) is 24.0. The van der Waals surface area contributed by atoms with Gasteiger partial charge in [0.05, 0.1) is 16.0 Å². The number of anilines is 1. The summed E-state index contributed by atoms with van der Waals surface area (Å²) in [6, 6.07) is 11.1. The number of carbonyl (C=O) groups is 1. The maximum atomic E-state index is 12.5. The lowest BCUT2D eigenvalue weighted by atomic mass is 10.2. The van der Waals surface area contributed by atoms with E-state index in [1.54, 1.807) is 12.1 Å². The third-order valence-electron chi connectivity index (χ3n) is 3.97. The van der Waals surface area contributed by atoms with Gasteiger partial charge in [-0.25, -0.2) is 8.42 Å². The monoisotopic (exact) mass is 454 g/mol. The highest BCUT2D eigenvalue weighted by atomic mass is 35.5. The highest BCUT2D eigenvalue weighted by Crippen LogP contribution is 2.28. The van der Waals surface area contributed by atoms with E-state index >= 15 is 0 Å². The summed E-state index contributed by atoms with van der Waals surface area (Å²) in [5.41, 5.74) is 1.47. The number of ether oxygens (including phenoxy) is 2. The van der Waals surface area contributed by atoms with Crippen LogP contribution in [0.4, 0.5) is 5.69 Å². The molecule has 0 heterocycles. The smallest absolute Gasteiger partial charge is 0.261 e. The summed E-state index contributed by atoms with van der Waals surface area (Å²) in [6.45, 7) is 6.63. The number of hydrogen-bond acceptors (Lipinski definition) is 5. The third kappa shape index (κ3) is 7.85. The second kappa shape index (κ2) is 11.2. The number of rotatable bonds is 11. The molecule has 164 valence electrons. The van der Waals surface area contributed by atoms with Crippen molar-refractivity contribution in [2.45, 2.75) is 38.2 Å². The number of carbonyl (C=O) groups excluding carboxylic acids is 1. The molecule has 2 N–H and O–H groups in total. The van der Waals surface area contributed by atoms with Crippen LogP contribution in [0.2, 0.25) is 5.02 Å². The van der Waals surface area contributed by atoms with Gasteiger partial charge in [-0.2, -0.15) is 0 Å². The van der Waals surface area contributed by atoms with E-state index < -0.39 is 10.0 Å². The van der Waals surface area contributed by atoms with Gasteiger partial charge in [0.2, 0.25) is 0 Å². The van der Waals surface area contributed by atoms with Crippen LogP contribution in [0.3, 0.4) is 0 Å². The fourth-order valence-electron chi connectivity index (χ4n) is 2.41. The average molecular weight is 455 g/mol. The Kier molecular flexibility index (Phi) is 8.95. The minimum absolute atomic E-state index is 0.00460. The Labute approximate surface area is 182 Å². The summed E-state index contributed by atoms with van der Waals surface area (Å²) >= 11 is 6.15. The van der Waals surface area contributed by atoms with Crippen molar-refractivity contribution in [2.24, 2.45) is 0 Å². The molecule has 0 aliphatic heterocycles. The molecule has 0 radical (unpaired) electrons. The van der Waals surface area contributed by atoms with Crippen LogP contribution < -0.4 is 14.8 Å². The molecule has 2 aromatic carbocycles. The van der Waals surface area contributed by atoms with Gasteiger partial charge in [0, 0.05) is 18.8 Å². The van der Waals surface area contributed by atoms with E-state index in [4.69, 9.17) is 21.1 Å². The van der Waals surface area contributed by atoms with E-state index in [1.807, 2.05) is 32.9 Å². The van der Waals surface area contributed by atoms with E-state index in [0.717, 1.165) is 5.56 Å². The molecule has 0 fully saturated rings. The first-order chi connectivity index (χ1) is 14.2. The third-order valence-corrected chi connectivity index (χ3v) is 5.64. The van der Waals surface area contributed by atoms with Gasteiger partial charge in [-0.1, -0.05) is 29.3 Å². The van der Waals surface area contributed by atoms with Crippen molar-refractivity contribution >= 4 is 33.2 Å². The van der Waals surface area contributed by atoms with Crippen LogP contribution in [0, 0.1) is 6.92 Å². The van der Waals surface area contributed by atoms with Gasteiger partial charge < -0.3 is 14.8 Å².